The number of rotatable bonds is 15. The molecular weight excluding hydrogens is 424 g/mol. The highest BCUT2D eigenvalue weighted by Gasteiger charge is 2.27. The molecule has 0 rings (SSSR count). The number of hydrogen-bond acceptors (Lipinski definition) is 8. The van der Waals surface area contributed by atoms with E-state index in [1.54, 1.807) is 0 Å². The van der Waals surface area contributed by atoms with E-state index in [0.29, 0.717) is 0 Å². The topological polar surface area (TPSA) is 263 Å². The minimum Gasteiger partial charge on any atom is -0.481 e. The standard InChI is InChI=1S/C16H24N4O11/c17-7(1-3-11(22)23)14(28)20-9(5-13(26)27)15(29)18-6-10(21)19-8(16(30)31)2-4-12(24)25/h7-9H,1-6,17H2,(H,18,29)(H,19,21)(H,20,28)(H,22,23)(H,24,25)(H,26,27)(H,30,31). The number of carboxylic acids is 4. The van der Waals surface area contributed by atoms with Gasteiger partial charge in [0.2, 0.25) is 17.7 Å². The number of carbonyl (C=O) groups excluding carboxylic acids is 3. The van der Waals surface area contributed by atoms with Crippen molar-refractivity contribution in [3.63, 3.8) is 0 Å². The van der Waals surface area contributed by atoms with Crippen molar-refractivity contribution in [1.29, 1.82) is 0 Å². The van der Waals surface area contributed by atoms with Crippen LogP contribution in [0.3, 0.4) is 0 Å². The summed E-state index contributed by atoms with van der Waals surface area (Å²) in [6, 6.07) is -4.49. The van der Waals surface area contributed by atoms with E-state index in [1.807, 2.05) is 16.0 Å². The zero-order valence-electron chi connectivity index (χ0n) is 16.2. The smallest absolute Gasteiger partial charge is 0.326 e. The zero-order valence-corrected chi connectivity index (χ0v) is 16.2. The van der Waals surface area contributed by atoms with Gasteiger partial charge in [0.05, 0.1) is 19.0 Å². The Balaban J connectivity index is 4.85. The Morgan fingerprint density at radius 1 is 0.710 bits per heavy atom. The molecule has 15 heteroatoms. The predicted molar refractivity (Wildman–Crippen MR) is 98.5 cm³/mol. The molecule has 3 unspecified atom stereocenters. The van der Waals surface area contributed by atoms with Crippen LogP contribution in [0.4, 0.5) is 0 Å². The monoisotopic (exact) mass is 448 g/mol. The van der Waals surface area contributed by atoms with Gasteiger partial charge in [-0.05, 0) is 12.8 Å². The molecule has 0 saturated heterocycles. The fourth-order valence-electron chi connectivity index (χ4n) is 2.13. The lowest BCUT2D eigenvalue weighted by molar-refractivity contribution is -0.143. The van der Waals surface area contributed by atoms with Crippen molar-refractivity contribution < 1.29 is 54.0 Å². The quantitative estimate of drug-likeness (QED) is 0.122. The fraction of sp³-hybridized carbons (Fsp3) is 0.562. The van der Waals surface area contributed by atoms with Gasteiger partial charge in [-0.15, -0.1) is 0 Å². The van der Waals surface area contributed by atoms with Crippen LogP contribution in [-0.4, -0.2) is 86.7 Å². The van der Waals surface area contributed by atoms with Gasteiger partial charge in [0.1, 0.15) is 12.1 Å². The first kappa shape index (κ1) is 27.2. The highest BCUT2D eigenvalue weighted by atomic mass is 16.4. The van der Waals surface area contributed by atoms with Gasteiger partial charge in [0, 0.05) is 12.8 Å². The third-order valence-corrected chi connectivity index (χ3v) is 3.72. The fourth-order valence-corrected chi connectivity index (χ4v) is 2.13. The summed E-state index contributed by atoms with van der Waals surface area (Å²) in [7, 11) is 0. The highest BCUT2D eigenvalue weighted by Crippen LogP contribution is 2.00. The van der Waals surface area contributed by atoms with Crippen LogP contribution in [0.15, 0.2) is 0 Å². The lowest BCUT2D eigenvalue weighted by atomic mass is 10.1. The van der Waals surface area contributed by atoms with Crippen LogP contribution in [0.2, 0.25) is 0 Å². The van der Waals surface area contributed by atoms with Crippen LogP contribution >= 0.6 is 0 Å². The normalized spacial score (nSPS) is 13.2. The molecule has 0 radical (unpaired) electrons. The van der Waals surface area contributed by atoms with E-state index in [9.17, 15) is 33.6 Å². The maximum absolute atomic E-state index is 12.1. The number of aliphatic carboxylic acids is 4. The molecule has 0 aromatic rings. The lowest BCUT2D eigenvalue weighted by Crippen LogP contribution is -2.54. The van der Waals surface area contributed by atoms with E-state index >= 15 is 0 Å². The van der Waals surface area contributed by atoms with Crippen molar-refractivity contribution >= 4 is 41.6 Å². The molecule has 0 spiro atoms. The van der Waals surface area contributed by atoms with Gasteiger partial charge in [-0.2, -0.15) is 0 Å². The second-order valence-corrected chi connectivity index (χ2v) is 6.31. The van der Waals surface area contributed by atoms with Crippen molar-refractivity contribution in [2.24, 2.45) is 5.73 Å². The van der Waals surface area contributed by atoms with Crippen molar-refractivity contribution in [2.75, 3.05) is 6.54 Å². The van der Waals surface area contributed by atoms with Crippen LogP contribution < -0.4 is 21.7 Å². The first-order valence-electron chi connectivity index (χ1n) is 8.84. The lowest BCUT2D eigenvalue weighted by Gasteiger charge is -2.19. The summed E-state index contributed by atoms with van der Waals surface area (Å²) in [5.41, 5.74) is 5.48. The predicted octanol–water partition coefficient (Wildman–Crippen LogP) is -3.31. The Morgan fingerprint density at radius 2 is 1.26 bits per heavy atom. The molecule has 0 bridgehead atoms. The van der Waals surface area contributed by atoms with E-state index in [4.69, 9.17) is 26.2 Å². The van der Waals surface area contributed by atoms with Gasteiger partial charge >= 0.3 is 23.9 Å². The van der Waals surface area contributed by atoms with E-state index in [1.165, 1.54) is 0 Å². The molecule has 0 heterocycles. The van der Waals surface area contributed by atoms with Gasteiger partial charge < -0.3 is 42.1 Å². The van der Waals surface area contributed by atoms with E-state index in [2.05, 4.69) is 0 Å². The summed E-state index contributed by atoms with van der Waals surface area (Å²) >= 11 is 0. The summed E-state index contributed by atoms with van der Waals surface area (Å²) in [4.78, 5) is 78.9. The molecule has 9 N–H and O–H groups in total. The van der Waals surface area contributed by atoms with Crippen LogP contribution in [0.1, 0.15) is 32.1 Å². The minimum atomic E-state index is -1.64. The van der Waals surface area contributed by atoms with Gasteiger partial charge in [-0.1, -0.05) is 0 Å². The average molecular weight is 448 g/mol. The maximum Gasteiger partial charge on any atom is 0.326 e. The number of carboxylic acid groups (broad SMARTS) is 4. The van der Waals surface area contributed by atoms with Crippen LogP contribution in [0.25, 0.3) is 0 Å². The van der Waals surface area contributed by atoms with Gasteiger partial charge in [-0.3, -0.25) is 28.8 Å². The summed E-state index contributed by atoms with van der Waals surface area (Å²) in [5.74, 6) is -8.51. The van der Waals surface area contributed by atoms with Crippen molar-refractivity contribution in [3.8, 4) is 0 Å². The zero-order chi connectivity index (χ0) is 24.1. The first-order chi connectivity index (χ1) is 14.3. The van der Waals surface area contributed by atoms with Gasteiger partial charge in [0.15, 0.2) is 0 Å². The molecule has 0 aromatic carbocycles. The molecule has 0 aromatic heterocycles. The minimum absolute atomic E-state index is 0.266. The molecule has 0 aliphatic heterocycles. The summed E-state index contributed by atoms with van der Waals surface area (Å²) in [6.07, 6.45) is -2.51. The van der Waals surface area contributed by atoms with Crippen LogP contribution in [0.5, 0.6) is 0 Å². The molecule has 174 valence electrons. The Bertz CT molecular complexity index is 724. The maximum atomic E-state index is 12.1. The second-order valence-electron chi connectivity index (χ2n) is 6.31. The van der Waals surface area contributed by atoms with Crippen molar-refractivity contribution in [1.82, 2.24) is 16.0 Å². The summed E-state index contributed by atoms with van der Waals surface area (Å²) in [6.45, 7) is -0.785. The highest BCUT2D eigenvalue weighted by molar-refractivity contribution is 5.94. The number of nitrogens with two attached hydrogens (primary N) is 1. The van der Waals surface area contributed by atoms with Crippen molar-refractivity contribution in [3.05, 3.63) is 0 Å². The number of hydrogen-bond donors (Lipinski definition) is 8. The summed E-state index contributed by atoms with van der Waals surface area (Å²) in [5, 5.41) is 41.1. The molecule has 3 amide bonds. The van der Waals surface area contributed by atoms with E-state index in [0.717, 1.165) is 0 Å². The second kappa shape index (κ2) is 13.5. The summed E-state index contributed by atoms with van der Waals surface area (Å²) < 4.78 is 0. The number of amides is 3. The molecular formula is C16H24N4O11. The van der Waals surface area contributed by atoms with Gasteiger partial charge in [-0.25, -0.2) is 4.79 Å². The average Bonchev–Trinajstić information content (AvgIpc) is 2.65. The molecule has 0 aliphatic carbocycles. The molecule has 15 nitrogen and oxygen atoms in total. The Morgan fingerprint density at radius 3 is 1.74 bits per heavy atom. The molecule has 0 aliphatic rings. The van der Waals surface area contributed by atoms with E-state index < -0.39 is 92.0 Å². The number of carbonyl (C=O) groups is 7. The van der Waals surface area contributed by atoms with Crippen LogP contribution in [-0.2, 0) is 33.6 Å². The SMILES string of the molecule is NC(CCC(=O)O)C(=O)NC(CC(=O)O)C(=O)NCC(=O)NC(CCC(=O)O)C(=O)O. The van der Waals surface area contributed by atoms with Gasteiger partial charge in [0.25, 0.3) is 0 Å². The largest absolute Gasteiger partial charge is 0.481 e. The van der Waals surface area contributed by atoms with Crippen molar-refractivity contribution in [2.45, 2.75) is 50.2 Å². The van der Waals surface area contributed by atoms with E-state index in [-0.39, 0.29) is 6.42 Å². The Kier molecular flexibility index (Phi) is 11.8. The Labute approximate surface area is 175 Å². The molecule has 0 saturated carbocycles. The third kappa shape index (κ3) is 12.4. The number of nitrogens with one attached hydrogen (secondary N) is 3. The molecule has 3 atom stereocenters. The Hall–Kier alpha value is -3.75. The molecule has 31 heavy (non-hydrogen) atoms. The third-order valence-electron chi connectivity index (χ3n) is 3.72. The first-order valence-corrected chi connectivity index (χ1v) is 8.84. The molecule has 0 fully saturated rings. The van der Waals surface area contributed by atoms with Crippen LogP contribution in [0, 0.1) is 0 Å².